The van der Waals surface area contributed by atoms with Crippen LogP contribution in [0, 0.1) is 16.7 Å². The maximum Gasteiger partial charge on any atom is 0.103 e. The molecule has 0 aromatic heterocycles. The zero-order valence-corrected chi connectivity index (χ0v) is 11.7. The number of benzene rings is 1. The summed E-state index contributed by atoms with van der Waals surface area (Å²) in [6.45, 7) is 4.65. The lowest BCUT2D eigenvalue weighted by atomic mass is 9.75. The molecule has 0 aliphatic heterocycles. The quantitative estimate of drug-likeness (QED) is 0.846. The van der Waals surface area contributed by atoms with Crippen LogP contribution in [0.5, 0.6) is 0 Å². The van der Waals surface area contributed by atoms with E-state index in [9.17, 15) is 0 Å². The maximum absolute atomic E-state index is 9.14. The minimum absolute atomic E-state index is 0.462. The van der Waals surface area contributed by atoms with E-state index in [0.29, 0.717) is 22.0 Å². The molecule has 96 valence electrons. The summed E-state index contributed by atoms with van der Waals surface area (Å²) in [6.07, 6.45) is 4.77. The summed E-state index contributed by atoms with van der Waals surface area (Å²) in [5, 5.41) is 13.1. The summed E-state index contributed by atoms with van der Waals surface area (Å²) in [5.41, 5.74) is 1.89. The molecule has 0 spiro atoms. The second-order valence-electron chi connectivity index (χ2n) is 5.86. The minimum Gasteiger partial charge on any atom is -0.381 e. The van der Waals surface area contributed by atoms with Crippen LogP contribution in [-0.2, 0) is 0 Å². The number of halogens is 1. The molecule has 2 nitrogen and oxygen atoms in total. The second kappa shape index (κ2) is 5.20. The van der Waals surface area contributed by atoms with Gasteiger partial charge in [-0.05, 0) is 43.2 Å². The Labute approximate surface area is 114 Å². The van der Waals surface area contributed by atoms with Gasteiger partial charge in [-0.15, -0.1) is 0 Å². The molecule has 1 aromatic rings. The van der Waals surface area contributed by atoms with E-state index in [2.05, 4.69) is 25.2 Å². The van der Waals surface area contributed by atoms with Gasteiger partial charge >= 0.3 is 0 Å². The standard InChI is InChI=1S/C15H19ClN2/c1-15(2)8-6-11(7-9-15)18-14-5-3-4-13(16)12(14)10-17/h3-5,11,18H,6-9H2,1-2H3. The molecule has 1 saturated carbocycles. The second-order valence-corrected chi connectivity index (χ2v) is 6.26. The van der Waals surface area contributed by atoms with Gasteiger partial charge in [0.2, 0.25) is 0 Å². The van der Waals surface area contributed by atoms with Gasteiger partial charge in [0, 0.05) is 6.04 Å². The fraction of sp³-hybridized carbons (Fsp3) is 0.533. The van der Waals surface area contributed by atoms with Gasteiger partial charge < -0.3 is 5.32 Å². The van der Waals surface area contributed by atoms with Crippen LogP contribution in [0.4, 0.5) is 5.69 Å². The SMILES string of the molecule is CC1(C)CCC(Nc2cccc(Cl)c2C#N)CC1. The Hall–Kier alpha value is -1.20. The number of hydrogen-bond acceptors (Lipinski definition) is 2. The molecule has 2 rings (SSSR count). The Morgan fingerprint density at radius 2 is 2.00 bits per heavy atom. The molecule has 1 N–H and O–H groups in total. The normalized spacial score (nSPS) is 19.2. The summed E-state index contributed by atoms with van der Waals surface area (Å²) in [6, 6.07) is 8.22. The highest BCUT2D eigenvalue weighted by Crippen LogP contribution is 2.36. The first kappa shape index (κ1) is 13.2. The fourth-order valence-corrected chi connectivity index (χ4v) is 2.74. The Kier molecular flexibility index (Phi) is 3.82. The van der Waals surface area contributed by atoms with Crippen molar-refractivity contribution in [2.75, 3.05) is 5.32 Å². The highest BCUT2D eigenvalue weighted by molar-refractivity contribution is 6.32. The predicted octanol–water partition coefficient (Wildman–Crippen LogP) is 4.59. The van der Waals surface area contributed by atoms with Crippen LogP contribution in [0.15, 0.2) is 18.2 Å². The Morgan fingerprint density at radius 1 is 1.33 bits per heavy atom. The lowest BCUT2D eigenvalue weighted by Crippen LogP contribution is -2.30. The summed E-state index contributed by atoms with van der Waals surface area (Å²) in [5.74, 6) is 0. The fourth-order valence-electron chi connectivity index (χ4n) is 2.52. The van der Waals surface area contributed by atoms with Crippen molar-refractivity contribution in [2.24, 2.45) is 5.41 Å². The molecule has 0 bridgehead atoms. The van der Waals surface area contributed by atoms with Crippen LogP contribution in [0.25, 0.3) is 0 Å². The van der Waals surface area contributed by atoms with E-state index in [1.165, 1.54) is 12.8 Å². The zero-order valence-electron chi connectivity index (χ0n) is 11.0. The van der Waals surface area contributed by atoms with Crippen LogP contribution in [0.2, 0.25) is 5.02 Å². The Bertz CT molecular complexity index is 464. The number of nitrogens with zero attached hydrogens (tertiary/aromatic N) is 1. The molecule has 0 saturated heterocycles. The number of anilines is 1. The first-order chi connectivity index (χ1) is 8.52. The van der Waals surface area contributed by atoms with E-state index in [-0.39, 0.29) is 0 Å². The summed E-state index contributed by atoms with van der Waals surface area (Å²) in [4.78, 5) is 0. The molecule has 3 heteroatoms. The minimum atomic E-state index is 0.462. The van der Waals surface area contributed by atoms with Crippen molar-refractivity contribution in [3.63, 3.8) is 0 Å². The van der Waals surface area contributed by atoms with Gasteiger partial charge in [0.25, 0.3) is 0 Å². The van der Waals surface area contributed by atoms with E-state index >= 15 is 0 Å². The van der Waals surface area contributed by atoms with E-state index in [1.807, 2.05) is 12.1 Å². The first-order valence-electron chi connectivity index (χ1n) is 6.47. The lowest BCUT2D eigenvalue weighted by Gasteiger charge is -2.35. The van der Waals surface area contributed by atoms with Gasteiger partial charge in [-0.25, -0.2) is 0 Å². The number of rotatable bonds is 2. The third-order valence-corrected chi connectivity index (χ3v) is 4.14. The molecular weight excluding hydrogens is 244 g/mol. The maximum atomic E-state index is 9.14. The summed E-state index contributed by atoms with van der Waals surface area (Å²) < 4.78 is 0. The van der Waals surface area contributed by atoms with Crippen molar-refractivity contribution in [1.29, 1.82) is 5.26 Å². The lowest BCUT2D eigenvalue weighted by molar-refractivity contribution is 0.232. The van der Waals surface area contributed by atoms with Crippen LogP contribution < -0.4 is 5.32 Å². The van der Waals surface area contributed by atoms with Crippen LogP contribution in [-0.4, -0.2) is 6.04 Å². The van der Waals surface area contributed by atoms with Gasteiger partial charge in [-0.1, -0.05) is 31.5 Å². The van der Waals surface area contributed by atoms with E-state index in [4.69, 9.17) is 16.9 Å². The molecule has 0 amide bonds. The van der Waals surface area contributed by atoms with Gasteiger partial charge in [-0.3, -0.25) is 0 Å². The van der Waals surface area contributed by atoms with Crippen molar-refractivity contribution < 1.29 is 0 Å². The van der Waals surface area contributed by atoms with Crippen molar-refractivity contribution in [3.05, 3.63) is 28.8 Å². The zero-order chi connectivity index (χ0) is 13.2. The Morgan fingerprint density at radius 3 is 2.61 bits per heavy atom. The van der Waals surface area contributed by atoms with Crippen LogP contribution in [0.1, 0.15) is 45.1 Å². The first-order valence-corrected chi connectivity index (χ1v) is 6.85. The third kappa shape index (κ3) is 2.97. The van der Waals surface area contributed by atoms with Crippen molar-refractivity contribution >= 4 is 17.3 Å². The monoisotopic (exact) mass is 262 g/mol. The average Bonchev–Trinajstić information content (AvgIpc) is 2.32. The molecule has 1 aromatic carbocycles. The highest BCUT2D eigenvalue weighted by Gasteiger charge is 2.27. The van der Waals surface area contributed by atoms with Crippen molar-refractivity contribution in [1.82, 2.24) is 0 Å². The number of nitrogens with one attached hydrogen (secondary N) is 1. The van der Waals surface area contributed by atoms with E-state index in [0.717, 1.165) is 18.5 Å². The molecule has 0 radical (unpaired) electrons. The third-order valence-electron chi connectivity index (χ3n) is 3.82. The highest BCUT2D eigenvalue weighted by atomic mass is 35.5. The molecule has 1 fully saturated rings. The van der Waals surface area contributed by atoms with Gasteiger partial charge in [0.15, 0.2) is 0 Å². The molecule has 1 aliphatic carbocycles. The van der Waals surface area contributed by atoms with Gasteiger partial charge in [0.1, 0.15) is 6.07 Å². The predicted molar refractivity (Wildman–Crippen MR) is 75.8 cm³/mol. The van der Waals surface area contributed by atoms with E-state index in [1.54, 1.807) is 6.07 Å². The van der Waals surface area contributed by atoms with Gasteiger partial charge in [-0.2, -0.15) is 5.26 Å². The van der Waals surface area contributed by atoms with Gasteiger partial charge in [0.05, 0.1) is 16.3 Å². The summed E-state index contributed by atoms with van der Waals surface area (Å²) >= 11 is 6.03. The summed E-state index contributed by atoms with van der Waals surface area (Å²) in [7, 11) is 0. The number of nitriles is 1. The topological polar surface area (TPSA) is 35.8 Å². The largest absolute Gasteiger partial charge is 0.381 e. The number of hydrogen-bond donors (Lipinski definition) is 1. The smallest absolute Gasteiger partial charge is 0.103 e. The van der Waals surface area contributed by atoms with Crippen LogP contribution in [0.3, 0.4) is 0 Å². The molecule has 0 unspecified atom stereocenters. The van der Waals surface area contributed by atoms with Crippen molar-refractivity contribution in [3.8, 4) is 6.07 Å². The Balaban J connectivity index is 2.07. The molecular formula is C15H19ClN2. The molecule has 0 heterocycles. The van der Waals surface area contributed by atoms with Crippen LogP contribution >= 0.6 is 11.6 Å². The van der Waals surface area contributed by atoms with E-state index < -0.39 is 0 Å². The molecule has 1 aliphatic rings. The average molecular weight is 263 g/mol. The molecule has 18 heavy (non-hydrogen) atoms. The molecule has 0 atom stereocenters. The van der Waals surface area contributed by atoms with Crippen molar-refractivity contribution in [2.45, 2.75) is 45.6 Å².